The first-order chi connectivity index (χ1) is 11.2. The summed E-state index contributed by atoms with van der Waals surface area (Å²) in [6.07, 6.45) is 1.22. The van der Waals surface area contributed by atoms with Gasteiger partial charge < -0.3 is 20.1 Å². The number of nitrogens with zero attached hydrogens (tertiary/aromatic N) is 1. The molecule has 132 valence electrons. The van der Waals surface area contributed by atoms with E-state index in [-0.39, 0.29) is 12.0 Å². The Kier molecular flexibility index (Phi) is 5.36. The zero-order valence-electron chi connectivity index (χ0n) is 14.8. The van der Waals surface area contributed by atoms with Crippen molar-refractivity contribution >= 4 is 12.0 Å². The monoisotopic (exact) mass is 334 g/mol. The van der Waals surface area contributed by atoms with Gasteiger partial charge in [0.2, 0.25) is 5.91 Å². The molecule has 0 aromatic heterocycles. The van der Waals surface area contributed by atoms with Gasteiger partial charge in [-0.05, 0) is 63.3 Å². The summed E-state index contributed by atoms with van der Waals surface area (Å²) in [5, 5.41) is 0. The second-order valence-corrected chi connectivity index (χ2v) is 7.06. The maximum atomic E-state index is 12.1. The molecular formula is C18H26N2O4. The third-order valence-corrected chi connectivity index (χ3v) is 4.11. The summed E-state index contributed by atoms with van der Waals surface area (Å²) in [5.41, 5.74) is 6.41. The molecule has 24 heavy (non-hydrogen) atoms. The number of hydrogen-bond donors (Lipinski definition) is 1. The zero-order chi connectivity index (χ0) is 17.9. The SMILES string of the molecule is COc1ccc(C(N)=O)c(C2CCN(C(=O)OC(C)(C)C)CC2)c1. The Morgan fingerprint density at radius 3 is 2.33 bits per heavy atom. The van der Waals surface area contributed by atoms with Crippen LogP contribution < -0.4 is 10.5 Å². The molecule has 1 aliphatic heterocycles. The Bertz CT molecular complexity index is 614. The highest BCUT2D eigenvalue weighted by molar-refractivity contribution is 5.94. The number of methoxy groups -OCH3 is 1. The van der Waals surface area contributed by atoms with E-state index in [4.69, 9.17) is 15.2 Å². The Morgan fingerprint density at radius 1 is 1.21 bits per heavy atom. The molecule has 0 bridgehead atoms. The van der Waals surface area contributed by atoms with Crippen LogP contribution in [0.1, 0.15) is 55.5 Å². The van der Waals surface area contributed by atoms with E-state index in [2.05, 4.69) is 0 Å². The van der Waals surface area contributed by atoms with Gasteiger partial charge in [-0.3, -0.25) is 4.79 Å². The smallest absolute Gasteiger partial charge is 0.410 e. The fourth-order valence-electron chi connectivity index (χ4n) is 2.93. The van der Waals surface area contributed by atoms with Crippen LogP contribution in [0.4, 0.5) is 4.79 Å². The second-order valence-electron chi connectivity index (χ2n) is 7.06. The van der Waals surface area contributed by atoms with Crippen LogP contribution in [0.15, 0.2) is 18.2 Å². The summed E-state index contributed by atoms with van der Waals surface area (Å²) < 4.78 is 10.7. The minimum absolute atomic E-state index is 0.168. The Labute approximate surface area is 142 Å². The molecule has 1 saturated heterocycles. The van der Waals surface area contributed by atoms with E-state index in [0.29, 0.717) is 24.4 Å². The minimum atomic E-state index is -0.500. The van der Waals surface area contributed by atoms with Crippen molar-refractivity contribution in [2.45, 2.75) is 45.1 Å². The van der Waals surface area contributed by atoms with E-state index in [9.17, 15) is 9.59 Å². The summed E-state index contributed by atoms with van der Waals surface area (Å²) in [6.45, 7) is 6.75. The lowest BCUT2D eigenvalue weighted by Gasteiger charge is -2.34. The number of carbonyl (C=O) groups is 2. The van der Waals surface area contributed by atoms with Crippen LogP contribution in [0.2, 0.25) is 0 Å². The topological polar surface area (TPSA) is 81.9 Å². The number of rotatable bonds is 3. The van der Waals surface area contributed by atoms with Crippen molar-refractivity contribution < 1.29 is 19.1 Å². The first kappa shape index (κ1) is 18.1. The third kappa shape index (κ3) is 4.40. The van der Waals surface area contributed by atoms with E-state index >= 15 is 0 Å². The van der Waals surface area contributed by atoms with E-state index in [1.807, 2.05) is 26.8 Å². The second kappa shape index (κ2) is 7.11. The van der Waals surface area contributed by atoms with Gasteiger partial charge >= 0.3 is 6.09 Å². The highest BCUT2D eigenvalue weighted by atomic mass is 16.6. The molecule has 2 N–H and O–H groups in total. The largest absolute Gasteiger partial charge is 0.497 e. The van der Waals surface area contributed by atoms with Crippen LogP contribution in [0.3, 0.4) is 0 Å². The highest BCUT2D eigenvalue weighted by Crippen LogP contribution is 2.33. The third-order valence-electron chi connectivity index (χ3n) is 4.11. The van der Waals surface area contributed by atoms with Crippen molar-refractivity contribution in [3.8, 4) is 5.75 Å². The number of nitrogens with two attached hydrogens (primary N) is 1. The molecule has 0 unspecified atom stereocenters. The van der Waals surface area contributed by atoms with Crippen LogP contribution in [-0.4, -0.2) is 42.7 Å². The van der Waals surface area contributed by atoms with Crippen LogP contribution >= 0.6 is 0 Å². The predicted octanol–water partition coefficient (Wildman–Crippen LogP) is 2.91. The lowest BCUT2D eigenvalue weighted by molar-refractivity contribution is 0.0204. The highest BCUT2D eigenvalue weighted by Gasteiger charge is 2.29. The Balaban J connectivity index is 2.09. The molecule has 1 heterocycles. The van der Waals surface area contributed by atoms with Gasteiger partial charge in [-0.15, -0.1) is 0 Å². The van der Waals surface area contributed by atoms with Crippen molar-refractivity contribution in [3.63, 3.8) is 0 Å². The lowest BCUT2D eigenvalue weighted by Crippen LogP contribution is -2.41. The van der Waals surface area contributed by atoms with Crippen molar-refractivity contribution in [2.24, 2.45) is 5.73 Å². The van der Waals surface area contributed by atoms with E-state index < -0.39 is 11.5 Å². The summed E-state index contributed by atoms with van der Waals surface area (Å²) >= 11 is 0. The van der Waals surface area contributed by atoms with Crippen LogP contribution in [0.25, 0.3) is 0 Å². The summed E-state index contributed by atoms with van der Waals surface area (Å²) in [4.78, 5) is 25.5. The molecule has 0 saturated carbocycles. The molecule has 1 aliphatic rings. The van der Waals surface area contributed by atoms with Crippen molar-refractivity contribution in [2.75, 3.05) is 20.2 Å². The molecule has 6 heteroatoms. The molecule has 0 radical (unpaired) electrons. The summed E-state index contributed by atoms with van der Waals surface area (Å²) in [7, 11) is 1.59. The van der Waals surface area contributed by atoms with Crippen molar-refractivity contribution in [1.29, 1.82) is 0 Å². The zero-order valence-corrected chi connectivity index (χ0v) is 14.8. The van der Waals surface area contributed by atoms with Gasteiger partial charge in [0, 0.05) is 18.7 Å². The van der Waals surface area contributed by atoms with E-state index in [1.54, 1.807) is 24.1 Å². The standard InChI is InChI=1S/C18H26N2O4/c1-18(2,3)24-17(22)20-9-7-12(8-10-20)15-11-13(23-4)5-6-14(15)16(19)21/h5-6,11-12H,7-10H2,1-4H3,(H2,19,21). The number of primary amides is 1. The molecule has 0 atom stereocenters. The molecular weight excluding hydrogens is 308 g/mol. The van der Waals surface area contributed by atoms with Gasteiger partial charge in [-0.25, -0.2) is 4.79 Å². The van der Waals surface area contributed by atoms with E-state index in [0.717, 1.165) is 18.4 Å². The normalized spacial score (nSPS) is 15.9. The molecule has 0 spiro atoms. The van der Waals surface area contributed by atoms with Gasteiger partial charge in [0.15, 0.2) is 0 Å². The predicted molar refractivity (Wildman–Crippen MR) is 91.3 cm³/mol. The number of piperidine rings is 1. The summed E-state index contributed by atoms with van der Waals surface area (Å²) in [6, 6.07) is 5.31. The molecule has 2 rings (SSSR count). The first-order valence-corrected chi connectivity index (χ1v) is 8.17. The van der Waals surface area contributed by atoms with E-state index in [1.165, 1.54) is 0 Å². The van der Waals surface area contributed by atoms with Gasteiger partial charge in [-0.2, -0.15) is 0 Å². The minimum Gasteiger partial charge on any atom is -0.497 e. The summed E-state index contributed by atoms with van der Waals surface area (Å²) in [5.74, 6) is 0.424. The van der Waals surface area contributed by atoms with Crippen molar-refractivity contribution in [3.05, 3.63) is 29.3 Å². The van der Waals surface area contributed by atoms with Gasteiger partial charge in [-0.1, -0.05) is 0 Å². The Hall–Kier alpha value is -2.24. The van der Waals surface area contributed by atoms with Crippen LogP contribution in [0, 0.1) is 0 Å². The quantitative estimate of drug-likeness (QED) is 0.921. The van der Waals surface area contributed by atoms with Crippen LogP contribution in [-0.2, 0) is 4.74 Å². The number of benzene rings is 1. The number of hydrogen-bond acceptors (Lipinski definition) is 4. The van der Waals surface area contributed by atoms with Crippen LogP contribution in [0.5, 0.6) is 5.75 Å². The fraction of sp³-hybridized carbons (Fsp3) is 0.556. The maximum absolute atomic E-state index is 12.1. The molecule has 1 aromatic rings. The molecule has 1 aromatic carbocycles. The number of carbonyl (C=O) groups excluding carboxylic acids is 2. The number of amides is 2. The molecule has 0 aliphatic carbocycles. The molecule has 6 nitrogen and oxygen atoms in total. The number of ether oxygens (including phenoxy) is 2. The van der Waals surface area contributed by atoms with Gasteiger partial charge in [0.1, 0.15) is 11.4 Å². The maximum Gasteiger partial charge on any atom is 0.410 e. The lowest BCUT2D eigenvalue weighted by atomic mass is 9.86. The average molecular weight is 334 g/mol. The molecule has 1 fully saturated rings. The van der Waals surface area contributed by atoms with Gasteiger partial charge in [0.25, 0.3) is 0 Å². The molecule has 2 amide bonds. The fourth-order valence-corrected chi connectivity index (χ4v) is 2.93. The first-order valence-electron chi connectivity index (χ1n) is 8.17. The van der Waals surface area contributed by atoms with Crippen molar-refractivity contribution in [1.82, 2.24) is 4.90 Å². The Morgan fingerprint density at radius 2 is 1.83 bits per heavy atom. The average Bonchev–Trinajstić information content (AvgIpc) is 2.52. The number of likely N-dealkylation sites (tertiary alicyclic amines) is 1. The van der Waals surface area contributed by atoms with Gasteiger partial charge in [0.05, 0.1) is 7.11 Å².